The highest BCUT2D eigenvalue weighted by Crippen LogP contribution is 2.35. The molecule has 6 nitrogen and oxygen atoms in total. The first kappa shape index (κ1) is 21.1. The van der Waals surface area contributed by atoms with Crippen LogP contribution >= 0.6 is 11.3 Å². The third kappa shape index (κ3) is 4.40. The summed E-state index contributed by atoms with van der Waals surface area (Å²) in [6, 6.07) is 10.4. The van der Waals surface area contributed by atoms with E-state index in [4.69, 9.17) is 9.97 Å². The summed E-state index contributed by atoms with van der Waals surface area (Å²) in [6.45, 7) is 9.04. The molecule has 1 aromatic carbocycles. The Kier molecular flexibility index (Phi) is 5.93. The van der Waals surface area contributed by atoms with E-state index in [1.54, 1.807) is 11.3 Å². The molecule has 0 aliphatic carbocycles. The largest absolute Gasteiger partial charge is 0.355 e. The number of thiophene rings is 1. The number of fused-ring (bicyclic) bond motifs is 1. The second-order valence-corrected chi connectivity index (χ2v) is 10.0. The van der Waals surface area contributed by atoms with E-state index in [9.17, 15) is 0 Å². The second-order valence-electron chi connectivity index (χ2n) is 8.80. The SMILES string of the molecule is Cc1sc2nc(CN3CCCC3)nc(N(C)Cc3cnn(Cc4ccccc4)c3)c2c1C. The highest BCUT2D eigenvalue weighted by molar-refractivity contribution is 7.18. The minimum Gasteiger partial charge on any atom is -0.355 e. The van der Waals surface area contributed by atoms with E-state index in [0.717, 1.165) is 49.2 Å². The third-order valence-corrected chi connectivity index (χ3v) is 7.38. The van der Waals surface area contributed by atoms with Gasteiger partial charge in [-0.1, -0.05) is 30.3 Å². The lowest BCUT2D eigenvalue weighted by Gasteiger charge is -2.21. The number of nitrogens with zero attached hydrogens (tertiary/aromatic N) is 6. The summed E-state index contributed by atoms with van der Waals surface area (Å²) >= 11 is 1.78. The molecule has 1 aliphatic rings. The molecule has 0 bridgehead atoms. The van der Waals surface area contributed by atoms with E-state index in [1.807, 2.05) is 16.9 Å². The standard InChI is InChI=1S/C25H30N6S/c1-18-19(2)32-25-23(18)24(27-22(28-25)17-30-11-7-8-12-30)29(3)14-21-13-26-31(16-21)15-20-9-5-4-6-10-20/h4-6,9-10,13,16H,7-8,11-12,14-15,17H2,1-3H3. The topological polar surface area (TPSA) is 50.1 Å². The fourth-order valence-electron chi connectivity index (χ4n) is 4.45. The lowest BCUT2D eigenvalue weighted by atomic mass is 10.2. The van der Waals surface area contributed by atoms with Gasteiger partial charge in [-0.15, -0.1) is 11.3 Å². The van der Waals surface area contributed by atoms with Gasteiger partial charge in [0.15, 0.2) is 0 Å². The molecule has 1 aliphatic heterocycles. The Morgan fingerprint density at radius 2 is 1.78 bits per heavy atom. The molecule has 5 rings (SSSR count). The van der Waals surface area contributed by atoms with Gasteiger partial charge in [-0.2, -0.15) is 5.10 Å². The normalized spacial score (nSPS) is 14.5. The van der Waals surface area contributed by atoms with E-state index >= 15 is 0 Å². The summed E-state index contributed by atoms with van der Waals surface area (Å²) in [6.07, 6.45) is 6.66. The minimum atomic E-state index is 0.762. The summed E-state index contributed by atoms with van der Waals surface area (Å²) in [7, 11) is 2.13. The number of rotatable bonds is 7. The van der Waals surface area contributed by atoms with Gasteiger partial charge >= 0.3 is 0 Å². The van der Waals surface area contributed by atoms with Crippen molar-refractivity contribution in [3.63, 3.8) is 0 Å². The van der Waals surface area contributed by atoms with E-state index < -0.39 is 0 Å². The predicted molar refractivity (Wildman–Crippen MR) is 131 cm³/mol. The fourth-order valence-corrected chi connectivity index (χ4v) is 5.50. The van der Waals surface area contributed by atoms with Crippen LogP contribution in [-0.4, -0.2) is 44.8 Å². The first-order valence-corrected chi connectivity index (χ1v) is 12.1. The summed E-state index contributed by atoms with van der Waals surface area (Å²) in [5.41, 5.74) is 3.73. The summed E-state index contributed by atoms with van der Waals surface area (Å²) < 4.78 is 2.01. The quantitative estimate of drug-likeness (QED) is 0.409. The monoisotopic (exact) mass is 446 g/mol. The van der Waals surface area contributed by atoms with Gasteiger partial charge in [0.05, 0.1) is 24.7 Å². The molecular formula is C25H30N6S. The molecule has 0 saturated carbocycles. The van der Waals surface area contributed by atoms with Gasteiger partial charge < -0.3 is 4.90 Å². The van der Waals surface area contributed by atoms with E-state index in [1.165, 1.54) is 39.8 Å². The van der Waals surface area contributed by atoms with Crippen molar-refractivity contribution in [3.8, 4) is 0 Å². The van der Waals surface area contributed by atoms with Crippen molar-refractivity contribution in [3.05, 3.63) is 70.1 Å². The van der Waals surface area contributed by atoms with Crippen molar-refractivity contribution in [1.29, 1.82) is 0 Å². The highest BCUT2D eigenvalue weighted by Gasteiger charge is 2.20. The molecular weight excluding hydrogens is 416 g/mol. The maximum Gasteiger partial charge on any atom is 0.146 e. The molecule has 0 atom stereocenters. The van der Waals surface area contributed by atoms with Gasteiger partial charge in [-0.3, -0.25) is 9.58 Å². The average molecular weight is 447 g/mol. The van der Waals surface area contributed by atoms with Crippen molar-refractivity contribution in [2.24, 2.45) is 0 Å². The smallest absolute Gasteiger partial charge is 0.146 e. The van der Waals surface area contributed by atoms with Crippen LogP contribution in [0, 0.1) is 13.8 Å². The average Bonchev–Trinajstić information content (AvgIpc) is 3.51. The molecule has 0 radical (unpaired) electrons. The first-order chi connectivity index (χ1) is 15.6. The van der Waals surface area contributed by atoms with Gasteiger partial charge in [0, 0.05) is 30.2 Å². The molecule has 4 heterocycles. The Hall–Kier alpha value is -2.77. The van der Waals surface area contributed by atoms with Crippen LogP contribution in [0.3, 0.4) is 0 Å². The fraction of sp³-hybridized carbons (Fsp3) is 0.400. The molecule has 32 heavy (non-hydrogen) atoms. The van der Waals surface area contributed by atoms with Crippen molar-refractivity contribution >= 4 is 27.4 Å². The Balaban J connectivity index is 1.40. The zero-order valence-electron chi connectivity index (χ0n) is 19.1. The number of aromatic nitrogens is 4. The van der Waals surface area contributed by atoms with Crippen molar-refractivity contribution < 1.29 is 0 Å². The molecule has 0 unspecified atom stereocenters. The van der Waals surface area contributed by atoms with Gasteiger partial charge in [0.2, 0.25) is 0 Å². The molecule has 7 heteroatoms. The lowest BCUT2D eigenvalue weighted by molar-refractivity contribution is 0.323. The Bertz CT molecular complexity index is 1210. The minimum absolute atomic E-state index is 0.762. The number of hydrogen-bond donors (Lipinski definition) is 0. The van der Waals surface area contributed by atoms with Gasteiger partial charge in [0.25, 0.3) is 0 Å². The van der Waals surface area contributed by atoms with Crippen LogP contribution in [0.15, 0.2) is 42.7 Å². The lowest BCUT2D eigenvalue weighted by Crippen LogP contribution is -2.22. The molecule has 4 aromatic rings. The number of aryl methyl sites for hydroxylation is 2. The van der Waals surface area contributed by atoms with Crippen LogP contribution < -0.4 is 4.90 Å². The maximum atomic E-state index is 5.06. The van der Waals surface area contributed by atoms with Crippen LogP contribution in [0.1, 0.15) is 40.2 Å². The van der Waals surface area contributed by atoms with Crippen LogP contribution in [-0.2, 0) is 19.6 Å². The van der Waals surface area contributed by atoms with Crippen LogP contribution in [0.2, 0.25) is 0 Å². The van der Waals surface area contributed by atoms with Gasteiger partial charge in [-0.25, -0.2) is 9.97 Å². The third-order valence-electron chi connectivity index (χ3n) is 6.28. The van der Waals surface area contributed by atoms with E-state index in [0.29, 0.717) is 0 Å². The summed E-state index contributed by atoms with van der Waals surface area (Å²) in [5.74, 6) is 1.96. The van der Waals surface area contributed by atoms with E-state index in [-0.39, 0.29) is 0 Å². The van der Waals surface area contributed by atoms with Gasteiger partial charge in [-0.05, 0) is 50.9 Å². The zero-order valence-corrected chi connectivity index (χ0v) is 19.9. The molecule has 1 fully saturated rings. The van der Waals surface area contributed by atoms with Crippen LogP contribution in [0.25, 0.3) is 10.2 Å². The molecule has 0 amide bonds. The van der Waals surface area contributed by atoms with E-state index in [2.05, 4.69) is 66.3 Å². The predicted octanol–water partition coefficient (Wildman–Crippen LogP) is 4.79. The molecule has 3 aromatic heterocycles. The first-order valence-electron chi connectivity index (χ1n) is 11.3. The summed E-state index contributed by atoms with van der Waals surface area (Å²) in [5, 5.41) is 5.77. The number of anilines is 1. The maximum absolute atomic E-state index is 5.06. The molecule has 0 spiro atoms. The van der Waals surface area contributed by atoms with Crippen LogP contribution in [0.4, 0.5) is 5.82 Å². The summed E-state index contributed by atoms with van der Waals surface area (Å²) in [4.78, 5) is 17.1. The molecule has 166 valence electrons. The Labute approximate surface area is 193 Å². The Morgan fingerprint density at radius 3 is 2.56 bits per heavy atom. The highest BCUT2D eigenvalue weighted by atomic mass is 32.1. The zero-order chi connectivity index (χ0) is 22.1. The number of likely N-dealkylation sites (tertiary alicyclic amines) is 1. The number of hydrogen-bond acceptors (Lipinski definition) is 6. The van der Waals surface area contributed by atoms with Gasteiger partial charge in [0.1, 0.15) is 16.5 Å². The van der Waals surface area contributed by atoms with Crippen molar-refractivity contribution in [1.82, 2.24) is 24.6 Å². The van der Waals surface area contributed by atoms with Crippen molar-refractivity contribution in [2.75, 3.05) is 25.0 Å². The van der Waals surface area contributed by atoms with Crippen molar-refractivity contribution in [2.45, 2.75) is 46.3 Å². The van der Waals surface area contributed by atoms with Crippen LogP contribution in [0.5, 0.6) is 0 Å². The Morgan fingerprint density at radius 1 is 1.00 bits per heavy atom. The second kappa shape index (κ2) is 9.00. The molecule has 0 N–H and O–H groups in total. The molecule has 1 saturated heterocycles. The number of benzene rings is 1.